The Morgan fingerprint density at radius 3 is 2.79 bits per heavy atom. The monoisotopic (exact) mass is 192 g/mol. The molecule has 0 aromatic rings. The van der Waals surface area contributed by atoms with Crippen LogP contribution in [0.4, 0.5) is 0 Å². The number of nitrogens with zero attached hydrogens (tertiary/aromatic N) is 1. The lowest BCUT2D eigenvalue weighted by Crippen LogP contribution is -2.45. The van der Waals surface area contributed by atoms with Gasteiger partial charge in [0.25, 0.3) is 0 Å². The van der Waals surface area contributed by atoms with Gasteiger partial charge in [-0.2, -0.15) is 0 Å². The summed E-state index contributed by atoms with van der Waals surface area (Å²) in [6.07, 6.45) is 6.99. The van der Waals surface area contributed by atoms with E-state index in [0.29, 0.717) is 6.04 Å². The molecule has 0 atom stereocenters. The van der Waals surface area contributed by atoms with E-state index in [-0.39, 0.29) is 0 Å². The zero-order valence-corrected chi connectivity index (χ0v) is 9.38. The molecule has 0 radical (unpaired) electrons. The van der Waals surface area contributed by atoms with Crippen molar-refractivity contribution in [2.45, 2.75) is 33.2 Å². The Bertz CT molecular complexity index is 261. The predicted octanol–water partition coefficient (Wildman–Crippen LogP) is 2.62. The fourth-order valence-electron chi connectivity index (χ4n) is 1.46. The van der Waals surface area contributed by atoms with Gasteiger partial charge in [-0.1, -0.05) is 18.7 Å². The molecular formula is C12H20N2. The molecule has 2 heteroatoms. The molecule has 0 unspecified atom stereocenters. The van der Waals surface area contributed by atoms with Gasteiger partial charge in [-0.15, -0.1) is 0 Å². The van der Waals surface area contributed by atoms with Gasteiger partial charge in [0.15, 0.2) is 0 Å². The summed E-state index contributed by atoms with van der Waals surface area (Å²) in [6.45, 7) is 11.3. The highest BCUT2D eigenvalue weighted by Crippen LogP contribution is 2.15. The molecule has 0 aromatic carbocycles. The Hall–Kier alpha value is -1.02. The van der Waals surface area contributed by atoms with E-state index in [9.17, 15) is 0 Å². The van der Waals surface area contributed by atoms with E-state index < -0.39 is 0 Å². The third-order valence-corrected chi connectivity index (χ3v) is 2.47. The molecule has 0 aliphatic carbocycles. The minimum atomic E-state index is 0.537. The number of allylic oxidation sites excluding steroid dienone is 3. The summed E-state index contributed by atoms with van der Waals surface area (Å²) < 4.78 is 0. The van der Waals surface area contributed by atoms with Crippen LogP contribution in [0.2, 0.25) is 0 Å². The zero-order chi connectivity index (χ0) is 10.6. The quantitative estimate of drug-likeness (QED) is 0.691. The molecule has 1 aliphatic heterocycles. The average Bonchev–Trinajstić information content (AvgIpc) is 2.16. The van der Waals surface area contributed by atoms with Gasteiger partial charge in [-0.3, -0.25) is 0 Å². The second kappa shape index (κ2) is 5.01. The first-order valence-electron chi connectivity index (χ1n) is 5.17. The Morgan fingerprint density at radius 2 is 2.21 bits per heavy atom. The summed E-state index contributed by atoms with van der Waals surface area (Å²) in [5, 5.41) is 2.26. The van der Waals surface area contributed by atoms with Crippen molar-refractivity contribution in [1.82, 2.24) is 10.4 Å². The molecule has 0 amide bonds. The van der Waals surface area contributed by atoms with Crippen molar-refractivity contribution in [2.24, 2.45) is 0 Å². The molecule has 1 N–H and O–H groups in total. The van der Waals surface area contributed by atoms with Gasteiger partial charge in [-0.25, -0.2) is 5.01 Å². The number of hydrogen-bond donors (Lipinski definition) is 1. The van der Waals surface area contributed by atoms with E-state index in [0.717, 1.165) is 13.0 Å². The highest BCUT2D eigenvalue weighted by molar-refractivity contribution is 5.26. The average molecular weight is 192 g/mol. The molecule has 0 spiro atoms. The second-order valence-corrected chi connectivity index (χ2v) is 3.94. The molecule has 0 saturated carbocycles. The fourth-order valence-corrected chi connectivity index (χ4v) is 1.46. The molecule has 14 heavy (non-hydrogen) atoms. The van der Waals surface area contributed by atoms with Crippen molar-refractivity contribution in [3.05, 3.63) is 36.1 Å². The smallest absolute Gasteiger partial charge is 0.0479 e. The molecule has 78 valence electrons. The van der Waals surface area contributed by atoms with Gasteiger partial charge in [0.2, 0.25) is 0 Å². The standard InChI is InChI=1S/C12H20N2/c1-5-6-7-12-11(4)8-9-14(13-12)10(2)3/h5-7,10,13H,1,8-9H2,2-4H3/b7-6-. The highest BCUT2D eigenvalue weighted by atomic mass is 15.5. The van der Waals surface area contributed by atoms with Gasteiger partial charge in [0.1, 0.15) is 0 Å². The van der Waals surface area contributed by atoms with Crippen LogP contribution in [0.3, 0.4) is 0 Å². The summed E-state index contributed by atoms with van der Waals surface area (Å²) in [4.78, 5) is 0. The molecular weight excluding hydrogens is 172 g/mol. The van der Waals surface area contributed by atoms with Crippen LogP contribution in [-0.2, 0) is 0 Å². The van der Waals surface area contributed by atoms with E-state index in [4.69, 9.17) is 0 Å². The Balaban J connectivity index is 2.71. The van der Waals surface area contributed by atoms with Crippen LogP contribution in [0.25, 0.3) is 0 Å². The van der Waals surface area contributed by atoms with Crippen LogP contribution < -0.4 is 5.43 Å². The molecule has 1 heterocycles. The highest BCUT2D eigenvalue weighted by Gasteiger charge is 2.15. The summed E-state index contributed by atoms with van der Waals surface area (Å²) in [5.74, 6) is 0. The van der Waals surface area contributed by atoms with E-state index in [1.54, 1.807) is 6.08 Å². The van der Waals surface area contributed by atoms with Gasteiger partial charge in [0.05, 0.1) is 0 Å². The first kappa shape index (κ1) is 11.1. The lowest BCUT2D eigenvalue weighted by Gasteiger charge is -2.33. The fraction of sp³-hybridized carbons (Fsp3) is 0.500. The number of hydrazine groups is 1. The van der Waals surface area contributed by atoms with Crippen molar-refractivity contribution in [3.63, 3.8) is 0 Å². The van der Waals surface area contributed by atoms with E-state index >= 15 is 0 Å². The lowest BCUT2D eigenvalue weighted by atomic mass is 10.1. The maximum Gasteiger partial charge on any atom is 0.0479 e. The Labute approximate surface area is 87.0 Å². The topological polar surface area (TPSA) is 15.3 Å². The van der Waals surface area contributed by atoms with Crippen molar-refractivity contribution in [3.8, 4) is 0 Å². The molecule has 0 fully saturated rings. The summed E-state index contributed by atoms with van der Waals surface area (Å²) >= 11 is 0. The molecule has 0 bridgehead atoms. The molecule has 2 nitrogen and oxygen atoms in total. The first-order chi connectivity index (χ1) is 6.65. The first-order valence-corrected chi connectivity index (χ1v) is 5.17. The Kier molecular flexibility index (Phi) is 3.96. The van der Waals surface area contributed by atoms with Crippen molar-refractivity contribution >= 4 is 0 Å². The third-order valence-electron chi connectivity index (χ3n) is 2.47. The Morgan fingerprint density at radius 1 is 1.50 bits per heavy atom. The number of nitrogens with one attached hydrogen (secondary N) is 1. The van der Waals surface area contributed by atoms with E-state index in [1.807, 2.05) is 6.08 Å². The SMILES string of the molecule is C=C/C=C\C1=C(C)CCN(C(C)C)N1. The van der Waals surface area contributed by atoms with Crippen molar-refractivity contribution in [2.75, 3.05) is 6.54 Å². The van der Waals surface area contributed by atoms with Crippen molar-refractivity contribution in [1.29, 1.82) is 0 Å². The van der Waals surface area contributed by atoms with Crippen LogP contribution in [0.5, 0.6) is 0 Å². The van der Waals surface area contributed by atoms with Gasteiger partial charge >= 0.3 is 0 Å². The maximum absolute atomic E-state index is 3.67. The normalized spacial score (nSPS) is 19.1. The summed E-state index contributed by atoms with van der Waals surface area (Å²) in [7, 11) is 0. The van der Waals surface area contributed by atoms with Crippen LogP contribution in [0, 0.1) is 0 Å². The molecule has 1 rings (SSSR count). The zero-order valence-electron chi connectivity index (χ0n) is 9.38. The maximum atomic E-state index is 3.67. The predicted molar refractivity (Wildman–Crippen MR) is 61.6 cm³/mol. The summed E-state index contributed by atoms with van der Waals surface area (Å²) in [6, 6.07) is 0.537. The van der Waals surface area contributed by atoms with Gasteiger partial charge in [0, 0.05) is 18.3 Å². The largest absolute Gasteiger partial charge is 0.319 e. The van der Waals surface area contributed by atoms with Crippen LogP contribution in [0.15, 0.2) is 36.1 Å². The van der Waals surface area contributed by atoms with Gasteiger partial charge < -0.3 is 5.43 Å². The minimum absolute atomic E-state index is 0.537. The van der Waals surface area contributed by atoms with E-state index in [2.05, 4.69) is 43.9 Å². The van der Waals surface area contributed by atoms with Crippen LogP contribution >= 0.6 is 0 Å². The summed E-state index contributed by atoms with van der Waals surface area (Å²) in [5.41, 5.74) is 6.05. The third kappa shape index (κ3) is 2.74. The lowest BCUT2D eigenvalue weighted by molar-refractivity contribution is 0.157. The molecule has 0 aromatic heterocycles. The number of rotatable bonds is 3. The second-order valence-electron chi connectivity index (χ2n) is 3.94. The minimum Gasteiger partial charge on any atom is -0.319 e. The molecule has 1 aliphatic rings. The molecule has 0 saturated heterocycles. The van der Waals surface area contributed by atoms with Crippen molar-refractivity contribution < 1.29 is 0 Å². The number of hydrogen-bond acceptors (Lipinski definition) is 2. The van der Waals surface area contributed by atoms with Gasteiger partial charge in [-0.05, 0) is 38.8 Å². The van der Waals surface area contributed by atoms with Crippen LogP contribution in [0.1, 0.15) is 27.2 Å². The van der Waals surface area contributed by atoms with E-state index in [1.165, 1.54) is 11.3 Å². The van der Waals surface area contributed by atoms with Crippen LogP contribution in [-0.4, -0.2) is 17.6 Å².